The second-order valence-corrected chi connectivity index (χ2v) is 2.49. The molecule has 0 bridgehead atoms. The van der Waals surface area contributed by atoms with E-state index in [0.29, 0.717) is 17.6 Å². The van der Waals surface area contributed by atoms with Crippen molar-refractivity contribution in [3.8, 4) is 5.75 Å². The van der Waals surface area contributed by atoms with Crippen molar-refractivity contribution in [3.05, 3.63) is 36.2 Å². The van der Waals surface area contributed by atoms with Crippen LogP contribution in [0.25, 0.3) is 5.57 Å². The highest BCUT2D eigenvalue weighted by Crippen LogP contribution is 2.25. The Balaban J connectivity index is 3.12. The fourth-order valence-corrected chi connectivity index (χ4v) is 1.09. The largest absolute Gasteiger partial charge is 0.496 e. The molecule has 1 aromatic carbocycles. The number of benzene rings is 1. The first-order valence-electron chi connectivity index (χ1n) is 3.87. The molecule has 1 N–H and O–H groups in total. The summed E-state index contributed by atoms with van der Waals surface area (Å²) in [5, 5.41) is 8.84. The van der Waals surface area contributed by atoms with Crippen molar-refractivity contribution >= 4 is 5.57 Å². The third kappa shape index (κ3) is 2.06. The summed E-state index contributed by atoms with van der Waals surface area (Å²) in [6, 6.07) is 6.96. The van der Waals surface area contributed by atoms with Gasteiger partial charge in [0, 0.05) is 11.1 Å². The Morgan fingerprint density at radius 1 is 1.54 bits per heavy atom. The summed E-state index contributed by atoms with van der Waals surface area (Å²) in [5.74, 6) is 0.556. The molecule has 0 heterocycles. The maximum Gasteiger partial charge on any atom is 0.126 e. The summed E-state index contributed by atoms with van der Waals surface area (Å²) in [5.41, 5.74) is 0.799. The van der Waals surface area contributed by atoms with Gasteiger partial charge in [-0.3, -0.25) is 0 Å². The lowest BCUT2D eigenvalue weighted by Crippen LogP contribution is -1.94. The van der Waals surface area contributed by atoms with Gasteiger partial charge in [-0.05, 0) is 6.07 Å². The van der Waals surface area contributed by atoms with Gasteiger partial charge in [-0.1, -0.05) is 18.2 Å². The van der Waals surface area contributed by atoms with Gasteiger partial charge in [0.25, 0.3) is 0 Å². The SMILES string of the molecule is COc1ccccc1/C(=C/F)CO. The zero-order valence-electron chi connectivity index (χ0n) is 7.33. The van der Waals surface area contributed by atoms with Gasteiger partial charge in [-0.25, -0.2) is 4.39 Å². The predicted octanol–water partition coefficient (Wildman–Crippen LogP) is 2.00. The molecule has 0 saturated carbocycles. The molecule has 1 aromatic rings. The number of hydrogen-bond acceptors (Lipinski definition) is 2. The van der Waals surface area contributed by atoms with Crippen molar-refractivity contribution in [2.24, 2.45) is 0 Å². The monoisotopic (exact) mass is 182 g/mol. The highest BCUT2D eigenvalue weighted by molar-refractivity contribution is 5.70. The average Bonchev–Trinajstić information content (AvgIpc) is 2.20. The van der Waals surface area contributed by atoms with Gasteiger partial charge in [0.05, 0.1) is 20.0 Å². The number of ether oxygens (including phenoxy) is 1. The lowest BCUT2D eigenvalue weighted by atomic mass is 10.1. The van der Waals surface area contributed by atoms with Crippen LogP contribution in [0.4, 0.5) is 4.39 Å². The number of aliphatic hydroxyl groups excluding tert-OH is 1. The molecule has 3 heteroatoms. The molecular formula is C10H11FO2. The molecule has 0 aliphatic heterocycles. The van der Waals surface area contributed by atoms with E-state index in [1.54, 1.807) is 24.3 Å². The van der Waals surface area contributed by atoms with Crippen molar-refractivity contribution in [1.82, 2.24) is 0 Å². The Labute approximate surface area is 76.3 Å². The second-order valence-electron chi connectivity index (χ2n) is 2.49. The van der Waals surface area contributed by atoms with E-state index in [-0.39, 0.29) is 12.2 Å². The Hall–Kier alpha value is -1.35. The van der Waals surface area contributed by atoms with Gasteiger partial charge in [0.2, 0.25) is 0 Å². The maximum atomic E-state index is 12.3. The first-order valence-corrected chi connectivity index (χ1v) is 3.87. The third-order valence-corrected chi connectivity index (χ3v) is 1.75. The minimum Gasteiger partial charge on any atom is -0.496 e. The molecule has 0 aromatic heterocycles. The summed E-state index contributed by atoms with van der Waals surface area (Å²) in [7, 11) is 1.51. The number of aliphatic hydroxyl groups is 1. The molecule has 0 unspecified atom stereocenters. The van der Waals surface area contributed by atoms with Crippen molar-refractivity contribution in [2.75, 3.05) is 13.7 Å². The molecule has 0 aliphatic rings. The van der Waals surface area contributed by atoms with E-state index in [1.807, 2.05) is 0 Å². The van der Waals surface area contributed by atoms with Crippen LogP contribution in [0, 0.1) is 0 Å². The highest BCUT2D eigenvalue weighted by Gasteiger charge is 2.06. The molecule has 0 fully saturated rings. The van der Waals surface area contributed by atoms with Gasteiger partial charge in [-0.15, -0.1) is 0 Å². The van der Waals surface area contributed by atoms with Crippen LogP contribution in [0.3, 0.4) is 0 Å². The predicted molar refractivity (Wildman–Crippen MR) is 49.2 cm³/mol. The third-order valence-electron chi connectivity index (χ3n) is 1.75. The van der Waals surface area contributed by atoms with Gasteiger partial charge >= 0.3 is 0 Å². The van der Waals surface area contributed by atoms with E-state index in [0.717, 1.165) is 0 Å². The topological polar surface area (TPSA) is 29.5 Å². The molecule has 1 rings (SSSR count). The zero-order valence-corrected chi connectivity index (χ0v) is 7.33. The fourth-order valence-electron chi connectivity index (χ4n) is 1.09. The fraction of sp³-hybridized carbons (Fsp3) is 0.200. The normalized spacial score (nSPS) is 11.5. The van der Waals surface area contributed by atoms with Crippen molar-refractivity contribution in [3.63, 3.8) is 0 Å². The molecule has 0 aliphatic carbocycles. The Morgan fingerprint density at radius 2 is 2.23 bits per heavy atom. The molecule has 0 atom stereocenters. The van der Waals surface area contributed by atoms with Crippen molar-refractivity contribution in [2.45, 2.75) is 0 Å². The minimum atomic E-state index is -0.336. The van der Waals surface area contributed by atoms with E-state index in [9.17, 15) is 4.39 Å². The molecule has 0 spiro atoms. The highest BCUT2D eigenvalue weighted by atomic mass is 19.1. The number of methoxy groups -OCH3 is 1. The Bertz CT molecular complexity index is 308. The van der Waals surface area contributed by atoms with Gasteiger partial charge < -0.3 is 9.84 Å². The van der Waals surface area contributed by atoms with E-state index in [4.69, 9.17) is 9.84 Å². The molecule has 2 nitrogen and oxygen atoms in total. The number of hydrogen-bond donors (Lipinski definition) is 1. The summed E-state index contributed by atoms with van der Waals surface area (Å²) in [6.07, 6.45) is 0.387. The lowest BCUT2D eigenvalue weighted by Gasteiger charge is -2.08. The number of halogens is 1. The smallest absolute Gasteiger partial charge is 0.126 e. The quantitative estimate of drug-likeness (QED) is 0.774. The Kier molecular flexibility index (Phi) is 3.46. The van der Waals surface area contributed by atoms with Crippen LogP contribution in [0.15, 0.2) is 30.6 Å². The zero-order chi connectivity index (χ0) is 9.68. The van der Waals surface area contributed by atoms with Gasteiger partial charge in [0.15, 0.2) is 0 Å². The molecule has 70 valence electrons. The van der Waals surface area contributed by atoms with E-state index < -0.39 is 0 Å². The summed E-state index contributed by atoms with van der Waals surface area (Å²) >= 11 is 0. The summed E-state index contributed by atoms with van der Waals surface area (Å²) < 4.78 is 17.3. The molecular weight excluding hydrogens is 171 g/mol. The Morgan fingerprint density at radius 3 is 2.77 bits per heavy atom. The standard InChI is InChI=1S/C10H11FO2/c1-13-10-5-3-2-4-9(10)8(6-11)7-12/h2-6,12H,7H2,1H3/b8-6+. The average molecular weight is 182 g/mol. The number of para-hydroxylation sites is 1. The lowest BCUT2D eigenvalue weighted by molar-refractivity contribution is 0.347. The van der Waals surface area contributed by atoms with Crippen LogP contribution in [0.2, 0.25) is 0 Å². The van der Waals surface area contributed by atoms with Gasteiger partial charge in [-0.2, -0.15) is 0 Å². The van der Waals surface area contributed by atoms with Crippen LogP contribution in [0.5, 0.6) is 5.75 Å². The van der Waals surface area contributed by atoms with Crippen LogP contribution in [-0.4, -0.2) is 18.8 Å². The molecule has 0 amide bonds. The van der Waals surface area contributed by atoms with Crippen LogP contribution < -0.4 is 4.74 Å². The first-order chi connectivity index (χ1) is 6.33. The van der Waals surface area contributed by atoms with Crippen molar-refractivity contribution < 1.29 is 14.2 Å². The maximum absolute atomic E-state index is 12.3. The van der Waals surface area contributed by atoms with Gasteiger partial charge in [0.1, 0.15) is 5.75 Å². The second kappa shape index (κ2) is 4.62. The molecule has 0 saturated heterocycles. The first kappa shape index (κ1) is 9.74. The number of rotatable bonds is 3. The van der Waals surface area contributed by atoms with E-state index in [1.165, 1.54) is 7.11 Å². The van der Waals surface area contributed by atoms with Crippen LogP contribution in [-0.2, 0) is 0 Å². The van der Waals surface area contributed by atoms with Crippen LogP contribution in [0.1, 0.15) is 5.56 Å². The van der Waals surface area contributed by atoms with Crippen LogP contribution >= 0.6 is 0 Å². The summed E-state index contributed by atoms with van der Waals surface area (Å²) in [4.78, 5) is 0. The minimum absolute atomic E-state index is 0.220. The van der Waals surface area contributed by atoms with E-state index in [2.05, 4.69) is 0 Å². The summed E-state index contributed by atoms with van der Waals surface area (Å²) in [6.45, 7) is -0.336. The molecule has 0 radical (unpaired) electrons. The van der Waals surface area contributed by atoms with Crippen molar-refractivity contribution in [1.29, 1.82) is 0 Å². The van der Waals surface area contributed by atoms with E-state index >= 15 is 0 Å². The molecule has 13 heavy (non-hydrogen) atoms.